The van der Waals surface area contributed by atoms with Gasteiger partial charge in [0, 0.05) is 24.9 Å². The van der Waals surface area contributed by atoms with Gasteiger partial charge in [-0.1, -0.05) is 63.2 Å². The molecule has 4 unspecified atom stereocenters. The van der Waals surface area contributed by atoms with Gasteiger partial charge in [-0.2, -0.15) is 8.42 Å². The van der Waals surface area contributed by atoms with E-state index >= 15 is 0 Å². The maximum atomic E-state index is 12.7. The summed E-state index contributed by atoms with van der Waals surface area (Å²) in [5.41, 5.74) is 3.88. The molecule has 0 radical (unpaired) electrons. The van der Waals surface area contributed by atoms with Crippen molar-refractivity contribution in [2.75, 3.05) is 17.6 Å². The number of para-hydroxylation sites is 1. The number of pyridine rings is 1. The zero-order valence-electron chi connectivity index (χ0n) is 35.4. The van der Waals surface area contributed by atoms with Crippen molar-refractivity contribution < 1.29 is 37.9 Å². The molecule has 0 bridgehead atoms. The lowest BCUT2D eigenvalue weighted by Crippen LogP contribution is -2.63. The van der Waals surface area contributed by atoms with Crippen molar-refractivity contribution in [1.82, 2.24) is 10.3 Å². The highest BCUT2D eigenvalue weighted by molar-refractivity contribution is 7.85. The predicted molar refractivity (Wildman–Crippen MR) is 229 cm³/mol. The summed E-state index contributed by atoms with van der Waals surface area (Å²) in [7, 11) is -4.14. The minimum absolute atomic E-state index is 0.0256. The number of fused-ring (bicyclic) bond motifs is 6. The van der Waals surface area contributed by atoms with Crippen LogP contribution in [0.2, 0.25) is 0 Å². The van der Waals surface area contributed by atoms with Gasteiger partial charge in [0.25, 0.3) is 10.1 Å². The van der Waals surface area contributed by atoms with Crippen LogP contribution in [0.1, 0.15) is 119 Å². The molecule has 12 heteroatoms. The number of aromatic nitrogens is 1. The van der Waals surface area contributed by atoms with Crippen LogP contribution in [-0.2, 0) is 27.9 Å². The Morgan fingerprint density at radius 1 is 1.00 bits per heavy atom. The minimum atomic E-state index is -4.14. The van der Waals surface area contributed by atoms with Gasteiger partial charge in [0.2, 0.25) is 5.91 Å². The van der Waals surface area contributed by atoms with Gasteiger partial charge in [0.05, 0.1) is 46.0 Å². The van der Waals surface area contributed by atoms with E-state index in [2.05, 4.69) is 60.7 Å². The molecule has 1 amide bonds. The number of hydrogen-bond acceptors (Lipinski definition) is 9. The largest absolute Gasteiger partial charge is 0.393 e. The summed E-state index contributed by atoms with van der Waals surface area (Å²) in [6.45, 7) is 10.6. The minimum Gasteiger partial charge on any atom is -0.393 e. The second-order valence-electron chi connectivity index (χ2n) is 19.4. The molecule has 4 saturated carbocycles. The fraction of sp³-hybridized carbons (Fsp3) is 0.638. The van der Waals surface area contributed by atoms with Crippen molar-refractivity contribution in [2.45, 2.75) is 130 Å². The first-order valence-corrected chi connectivity index (χ1v) is 23.5. The monoisotopic (exact) mass is 831 g/mol. The molecule has 0 saturated heterocycles. The smallest absolute Gasteiger partial charge is 0.266 e. The molecular formula is C47H65N3O8S. The van der Waals surface area contributed by atoms with Crippen LogP contribution >= 0.6 is 0 Å². The third-order valence-corrected chi connectivity index (χ3v) is 16.7. The van der Waals surface area contributed by atoms with Crippen LogP contribution in [0.5, 0.6) is 0 Å². The van der Waals surface area contributed by atoms with Gasteiger partial charge in [-0.05, 0) is 142 Å². The average molecular weight is 832 g/mol. The van der Waals surface area contributed by atoms with Crippen LogP contribution in [0.3, 0.4) is 0 Å². The number of anilines is 1. The van der Waals surface area contributed by atoms with E-state index in [1.165, 1.54) is 0 Å². The second-order valence-corrected chi connectivity index (χ2v) is 20.9. The van der Waals surface area contributed by atoms with E-state index in [9.17, 15) is 33.3 Å². The number of nitrogens with zero attached hydrogens (tertiary/aromatic N) is 1. The molecule has 0 spiro atoms. The summed E-state index contributed by atoms with van der Waals surface area (Å²) in [4.78, 5) is 29.8. The van der Waals surface area contributed by atoms with E-state index in [-0.39, 0.29) is 71.0 Å². The molecule has 2 aromatic carbocycles. The Hall–Kier alpha value is -3.42. The quantitative estimate of drug-likeness (QED) is 0.0727. The Bertz CT molecular complexity index is 2160. The van der Waals surface area contributed by atoms with Crippen molar-refractivity contribution in [3.05, 3.63) is 70.9 Å². The summed E-state index contributed by atoms with van der Waals surface area (Å²) in [5, 5.41) is 43.3. The number of Topliss-reactive ketones (excluding diaryl/α,β-unsaturated/α-hetero) is 1. The topological polar surface area (TPSA) is 186 Å². The third kappa shape index (κ3) is 8.72. The lowest BCUT2D eigenvalue weighted by molar-refractivity contribution is -0.216. The Balaban J connectivity index is 0.974. The molecule has 4 fully saturated rings. The van der Waals surface area contributed by atoms with Gasteiger partial charge in [0.15, 0.2) is 5.78 Å². The molecule has 6 N–H and O–H groups in total. The van der Waals surface area contributed by atoms with E-state index in [1.54, 1.807) is 6.92 Å². The van der Waals surface area contributed by atoms with Crippen LogP contribution in [0.15, 0.2) is 48.5 Å². The molecule has 11 atom stereocenters. The van der Waals surface area contributed by atoms with Crippen LogP contribution in [-0.4, -0.2) is 75.1 Å². The lowest BCUT2D eigenvalue weighted by Gasteiger charge is -2.64. The van der Waals surface area contributed by atoms with Gasteiger partial charge >= 0.3 is 0 Å². The number of rotatable bonds is 14. The van der Waals surface area contributed by atoms with Gasteiger partial charge in [0.1, 0.15) is 0 Å². The zero-order valence-corrected chi connectivity index (χ0v) is 36.2. The third-order valence-electron chi connectivity index (χ3n) is 16.0. The standard InChI is InChI=1S/C47H65N3O8S/c1-28(13-16-41(54)48-21-22-59(56,57)58)35-14-15-36-43-37(25-40(53)46(35,36)5)45(4)19-20-47(55,26-33(45)24-39(43)52)18-17-31-9-8-10-32(23-31)27-49-44-34-11-6-7-12-38(34)50-29(2)42(44)30(3)51/h6-12,23,28,33,35-37,39-40,43,52-53,55H,13-22,24-27H2,1-5H3,(H,48,54)(H,49,50)(H,56,57,58)/t28-,33?,35-,36?,37?,39-,40+,43?,45+,46-,47-/m1/s1. The summed E-state index contributed by atoms with van der Waals surface area (Å²) in [6.07, 6.45) is 6.48. The van der Waals surface area contributed by atoms with Crippen molar-refractivity contribution in [3.8, 4) is 0 Å². The van der Waals surface area contributed by atoms with E-state index in [0.717, 1.165) is 53.4 Å². The highest BCUT2D eigenvalue weighted by Gasteiger charge is 2.66. The molecule has 1 heterocycles. The van der Waals surface area contributed by atoms with E-state index in [1.807, 2.05) is 31.2 Å². The normalized spacial score (nSPS) is 33.4. The molecule has 4 aliphatic rings. The maximum Gasteiger partial charge on any atom is 0.266 e. The molecule has 11 nitrogen and oxygen atoms in total. The molecular weight excluding hydrogens is 767 g/mol. The summed E-state index contributed by atoms with van der Waals surface area (Å²) in [6, 6.07) is 16.3. The number of carbonyl (C=O) groups is 2. The van der Waals surface area contributed by atoms with Crippen LogP contribution in [0.25, 0.3) is 10.9 Å². The number of carbonyl (C=O) groups excluding carboxylic acids is 2. The van der Waals surface area contributed by atoms with Gasteiger partial charge in [-0.3, -0.25) is 19.1 Å². The Morgan fingerprint density at radius 2 is 1.75 bits per heavy atom. The molecule has 322 valence electrons. The van der Waals surface area contributed by atoms with E-state index in [4.69, 9.17) is 4.55 Å². The Labute approximate surface area is 349 Å². The lowest BCUT2D eigenvalue weighted by atomic mass is 9.42. The van der Waals surface area contributed by atoms with Gasteiger partial charge < -0.3 is 26.0 Å². The Kier molecular flexibility index (Phi) is 12.4. The zero-order chi connectivity index (χ0) is 42.5. The second kappa shape index (κ2) is 16.8. The van der Waals surface area contributed by atoms with Crippen molar-refractivity contribution in [3.63, 3.8) is 0 Å². The predicted octanol–water partition coefficient (Wildman–Crippen LogP) is 7.04. The van der Waals surface area contributed by atoms with Crippen LogP contribution in [0, 0.1) is 53.3 Å². The number of aryl methyl sites for hydroxylation is 2. The highest BCUT2D eigenvalue weighted by Crippen LogP contribution is 2.69. The summed E-state index contributed by atoms with van der Waals surface area (Å²) < 4.78 is 31.0. The molecule has 0 aliphatic heterocycles. The van der Waals surface area contributed by atoms with E-state index in [0.29, 0.717) is 56.3 Å². The molecule has 4 aliphatic carbocycles. The first-order valence-electron chi connectivity index (χ1n) is 21.9. The number of aliphatic hydroxyl groups is 3. The average Bonchev–Trinajstić information content (AvgIpc) is 3.54. The summed E-state index contributed by atoms with van der Waals surface area (Å²) in [5.74, 6) is 0.0989. The number of amides is 1. The number of benzene rings is 2. The fourth-order valence-electron chi connectivity index (χ4n) is 12.8. The molecule has 59 heavy (non-hydrogen) atoms. The van der Waals surface area contributed by atoms with Crippen molar-refractivity contribution in [2.24, 2.45) is 46.3 Å². The number of nitrogens with one attached hydrogen (secondary N) is 2. The summed E-state index contributed by atoms with van der Waals surface area (Å²) >= 11 is 0. The van der Waals surface area contributed by atoms with Crippen LogP contribution in [0.4, 0.5) is 5.69 Å². The highest BCUT2D eigenvalue weighted by atomic mass is 32.2. The number of aliphatic hydroxyl groups excluding tert-OH is 2. The SMILES string of the molecule is CC(=O)c1c(C)nc2ccccc2c1NCc1cccc(CC[C@@]2(O)CC[C@@]3(C)C(C[C@@H](O)C4C3C[C@H](O)[C@@]3(C)C4CC[C@@H]3[C@H](C)CCC(=O)NCCS(=O)(=O)O)C2)c1. The van der Waals surface area contributed by atoms with E-state index < -0.39 is 33.7 Å². The molecule has 1 aromatic heterocycles. The van der Waals surface area contributed by atoms with Crippen molar-refractivity contribution >= 4 is 38.4 Å². The van der Waals surface area contributed by atoms with Gasteiger partial charge in [-0.15, -0.1) is 0 Å². The first-order chi connectivity index (χ1) is 27.8. The number of ketones is 1. The molecule has 3 aromatic rings. The van der Waals surface area contributed by atoms with Crippen molar-refractivity contribution in [1.29, 1.82) is 0 Å². The maximum absolute atomic E-state index is 12.7. The number of hydrogen-bond donors (Lipinski definition) is 6. The first kappa shape index (κ1) is 43.7. The van der Waals surface area contributed by atoms with Gasteiger partial charge in [-0.25, -0.2) is 0 Å². The van der Waals surface area contributed by atoms with Crippen LogP contribution < -0.4 is 10.6 Å². The molecule has 7 rings (SSSR count). The Morgan fingerprint density at radius 3 is 2.49 bits per heavy atom. The fourth-order valence-corrected chi connectivity index (χ4v) is 13.2.